The number of nitrogens with one attached hydrogen (secondary N) is 1. The van der Waals surface area contributed by atoms with Gasteiger partial charge in [0.05, 0.1) is 11.3 Å². The monoisotopic (exact) mass is 407 g/mol. The van der Waals surface area contributed by atoms with E-state index in [-0.39, 0.29) is 5.91 Å². The zero-order valence-corrected chi connectivity index (χ0v) is 12.6. The van der Waals surface area contributed by atoms with E-state index in [4.69, 9.17) is 0 Å². The van der Waals surface area contributed by atoms with Gasteiger partial charge in [0.1, 0.15) is 0 Å². The summed E-state index contributed by atoms with van der Waals surface area (Å²) in [6.07, 6.45) is 0. The van der Waals surface area contributed by atoms with E-state index in [0.717, 1.165) is 13.7 Å². The van der Waals surface area contributed by atoms with E-state index < -0.39 is 0 Å². The van der Waals surface area contributed by atoms with Gasteiger partial charge in [0.2, 0.25) is 0 Å². The smallest absolute Gasteiger partial charge is 0.256 e. The molecule has 2 rings (SSSR count). The Bertz CT molecular complexity index is 513. The minimum atomic E-state index is -0.0937. The molecule has 0 fully saturated rings. The molecule has 0 aliphatic heterocycles. The van der Waals surface area contributed by atoms with Crippen molar-refractivity contribution in [2.75, 3.05) is 5.32 Å². The largest absolute Gasteiger partial charge is 0.321 e. The number of rotatable bonds is 2. The van der Waals surface area contributed by atoms with Crippen molar-refractivity contribution in [3.8, 4) is 0 Å². The molecule has 0 saturated heterocycles. The SMILES string of the molecule is O=C(Nc1ccsc1)c1cc(I)ccc1Br. The highest BCUT2D eigenvalue weighted by Crippen LogP contribution is 2.21. The Labute approximate surface area is 119 Å². The first-order valence-electron chi connectivity index (χ1n) is 4.45. The van der Waals surface area contributed by atoms with Crippen LogP contribution in [-0.2, 0) is 0 Å². The van der Waals surface area contributed by atoms with Crippen LogP contribution in [0.3, 0.4) is 0 Å². The lowest BCUT2D eigenvalue weighted by atomic mass is 10.2. The molecule has 1 aromatic heterocycles. The van der Waals surface area contributed by atoms with Crippen LogP contribution in [0.25, 0.3) is 0 Å². The molecule has 2 nitrogen and oxygen atoms in total. The molecular formula is C11H7BrINOS. The van der Waals surface area contributed by atoms with Crippen LogP contribution in [-0.4, -0.2) is 5.91 Å². The molecule has 5 heteroatoms. The number of benzene rings is 1. The molecule has 0 aliphatic rings. The fourth-order valence-corrected chi connectivity index (χ4v) is 2.71. The summed E-state index contributed by atoms with van der Waals surface area (Å²) in [6.45, 7) is 0. The first-order valence-corrected chi connectivity index (χ1v) is 7.27. The molecule has 1 aromatic carbocycles. The molecule has 0 radical (unpaired) electrons. The molecule has 1 heterocycles. The zero-order valence-electron chi connectivity index (χ0n) is 8.04. The molecule has 0 saturated carbocycles. The van der Waals surface area contributed by atoms with E-state index in [2.05, 4.69) is 43.8 Å². The normalized spacial score (nSPS) is 10.1. The van der Waals surface area contributed by atoms with Gasteiger partial charge in [-0.05, 0) is 68.2 Å². The van der Waals surface area contributed by atoms with Crippen molar-refractivity contribution in [2.45, 2.75) is 0 Å². The van der Waals surface area contributed by atoms with E-state index in [0.29, 0.717) is 5.56 Å². The lowest BCUT2D eigenvalue weighted by Crippen LogP contribution is -2.12. The summed E-state index contributed by atoms with van der Waals surface area (Å²) in [6, 6.07) is 7.56. The second-order valence-electron chi connectivity index (χ2n) is 3.09. The van der Waals surface area contributed by atoms with Gasteiger partial charge in [0.15, 0.2) is 0 Å². The third-order valence-corrected chi connectivity index (χ3v) is 4.00. The summed E-state index contributed by atoms with van der Waals surface area (Å²) < 4.78 is 1.84. The van der Waals surface area contributed by atoms with Gasteiger partial charge in [-0.15, -0.1) is 0 Å². The van der Waals surface area contributed by atoms with E-state index in [9.17, 15) is 4.79 Å². The maximum Gasteiger partial charge on any atom is 0.256 e. The number of thiophene rings is 1. The van der Waals surface area contributed by atoms with Crippen molar-refractivity contribution in [1.29, 1.82) is 0 Å². The van der Waals surface area contributed by atoms with Gasteiger partial charge in [-0.25, -0.2) is 0 Å². The highest BCUT2D eigenvalue weighted by molar-refractivity contribution is 14.1. The molecule has 1 amide bonds. The predicted molar refractivity (Wildman–Crippen MR) is 79.1 cm³/mol. The Kier molecular flexibility index (Phi) is 3.99. The molecule has 0 bridgehead atoms. The number of carbonyl (C=O) groups is 1. The van der Waals surface area contributed by atoms with Crippen molar-refractivity contribution < 1.29 is 4.79 Å². The van der Waals surface area contributed by atoms with Crippen LogP contribution >= 0.6 is 49.9 Å². The lowest BCUT2D eigenvalue weighted by Gasteiger charge is -2.05. The van der Waals surface area contributed by atoms with Crippen molar-refractivity contribution in [1.82, 2.24) is 0 Å². The molecular weight excluding hydrogens is 401 g/mol. The summed E-state index contributed by atoms with van der Waals surface area (Å²) in [5.74, 6) is -0.0937. The van der Waals surface area contributed by atoms with Crippen molar-refractivity contribution in [3.05, 3.63) is 48.6 Å². The number of anilines is 1. The van der Waals surface area contributed by atoms with Gasteiger partial charge in [0.25, 0.3) is 5.91 Å². The maximum absolute atomic E-state index is 11.9. The highest BCUT2D eigenvalue weighted by atomic mass is 127. The fourth-order valence-electron chi connectivity index (χ4n) is 1.21. The third-order valence-electron chi connectivity index (χ3n) is 1.95. The zero-order chi connectivity index (χ0) is 11.5. The quantitative estimate of drug-likeness (QED) is 0.736. The molecule has 0 atom stereocenters. The summed E-state index contributed by atoms with van der Waals surface area (Å²) in [5.41, 5.74) is 1.49. The topological polar surface area (TPSA) is 29.1 Å². The van der Waals surface area contributed by atoms with E-state index in [1.165, 1.54) is 0 Å². The van der Waals surface area contributed by atoms with E-state index >= 15 is 0 Å². The molecule has 2 aromatic rings. The van der Waals surface area contributed by atoms with Crippen LogP contribution in [0.1, 0.15) is 10.4 Å². The average Bonchev–Trinajstić information content (AvgIpc) is 2.74. The second kappa shape index (κ2) is 5.29. The standard InChI is InChI=1S/C11H7BrINOS/c12-10-2-1-7(13)5-9(10)11(15)14-8-3-4-16-6-8/h1-6H,(H,14,15). The Morgan fingerprint density at radius 3 is 2.88 bits per heavy atom. The Hall–Kier alpha value is -0.400. The van der Waals surface area contributed by atoms with Crippen LogP contribution in [0.15, 0.2) is 39.5 Å². The van der Waals surface area contributed by atoms with Crippen LogP contribution in [0, 0.1) is 3.57 Å². The number of hydrogen-bond donors (Lipinski definition) is 1. The Balaban J connectivity index is 2.24. The number of carbonyl (C=O) groups excluding carboxylic acids is 1. The van der Waals surface area contributed by atoms with Gasteiger partial charge < -0.3 is 5.32 Å². The first-order chi connectivity index (χ1) is 7.66. The number of hydrogen-bond acceptors (Lipinski definition) is 2. The summed E-state index contributed by atoms with van der Waals surface area (Å²) in [5, 5.41) is 6.68. The maximum atomic E-state index is 11.9. The van der Waals surface area contributed by atoms with Crippen molar-refractivity contribution in [3.63, 3.8) is 0 Å². The molecule has 82 valence electrons. The van der Waals surface area contributed by atoms with Crippen LogP contribution < -0.4 is 5.32 Å². The third kappa shape index (κ3) is 2.83. The van der Waals surface area contributed by atoms with Gasteiger partial charge in [-0.3, -0.25) is 4.79 Å². The minimum absolute atomic E-state index is 0.0937. The summed E-state index contributed by atoms with van der Waals surface area (Å²) in [7, 11) is 0. The lowest BCUT2D eigenvalue weighted by molar-refractivity contribution is 0.102. The van der Waals surface area contributed by atoms with Crippen molar-refractivity contribution >= 4 is 61.5 Å². The average molecular weight is 408 g/mol. The van der Waals surface area contributed by atoms with Crippen LogP contribution in [0.5, 0.6) is 0 Å². The molecule has 0 aliphatic carbocycles. The first kappa shape index (κ1) is 12.1. The molecule has 1 N–H and O–H groups in total. The molecule has 0 spiro atoms. The predicted octanol–water partition coefficient (Wildman–Crippen LogP) is 4.37. The number of amides is 1. The second-order valence-corrected chi connectivity index (χ2v) is 5.97. The van der Waals surface area contributed by atoms with E-state index in [1.807, 2.05) is 35.0 Å². The highest BCUT2D eigenvalue weighted by Gasteiger charge is 2.10. The fraction of sp³-hybridized carbons (Fsp3) is 0. The van der Waals surface area contributed by atoms with Gasteiger partial charge in [-0.2, -0.15) is 11.3 Å². The minimum Gasteiger partial charge on any atom is -0.321 e. The van der Waals surface area contributed by atoms with Gasteiger partial charge in [0, 0.05) is 13.4 Å². The summed E-state index contributed by atoms with van der Waals surface area (Å²) in [4.78, 5) is 11.9. The molecule has 16 heavy (non-hydrogen) atoms. The van der Waals surface area contributed by atoms with Crippen LogP contribution in [0.4, 0.5) is 5.69 Å². The van der Waals surface area contributed by atoms with E-state index in [1.54, 1.807) is 11.3 Å². The Morgan fingerprint density at radius 2 is 2.19 bits per heavy atom. The number of halogens is 2. The summed E-state index contributed by atoms with van der Waals surface area (Å²) >= 11 is 7.12. The van der Waals surface area contributed by atoms with Crippen molar-refractivity contribution in [2.24, 2.45) is 0 Å². The molecule has 0 unspecified atom stereocenters. The Morgan fingerprint density at radius 1 is 1.38 bits per heavy atom. The van der Waals surface area contributed by atoms with Crippen LogP contribution in [0.2, 0.25) is 0 Å². The van der Waals surface area contributed by atoms with Gasteiger partial charge >= 0.3 is 0 Å². The van der Waals surface area contributed by atoms with Gasteiger partial charge in [-0.1, -0.05) is 0 Å².